The molecule has 0 radical (unpaired) electrons. The third kappa shape index (κ3) is 4.71. The van der Waals surface area contributed by atoms with Crippen molar-refractivity contribution in [3.05, 3.63) is 66.1 Å². The summed E-state index contributed by atoms with van der Waals surface area (Å²) in [6.07, 6.45) is 11.8. The first kappa shape index (κ1) is 17.7. The quantitative estimate of drug-likeness (QED) is 0.503. The van der Waals surface area contributed by atoms with Crippen LogP contribution < -0.4 is 10.1 Å². The fourth-order valence-corrected chi connectivity index (χ4v) is 2.75. The SMILES string of the molecule is C#CCOc1ccc(CCNCc2cn(C)nc2-c2cccnc2)cc1. The van der Waals surface area contributed by atoms with Crippen molar-refractivity contribution in [3.63, 3.8) is 0 Å². The van der Waals surface area contributed by atoms with Crippen LogP contribution >= 0.6 is 0 Å². The summed E-state index contributed by atoms with van der Waals surface area (Å²) in [6, 6.07) is 12.0. The Morgan fingerprint density at radius 3 is 2.81 bits per heavy atom. The third-order valence-corrected chi connectivity index (χ3v) is 3.99. The van der Waals surface area contributed by atoms with Gasteiger partial charge in [0.1, 0.15) is 12.4 Å². The molecule has 5 nitrogen and oxygen atoms in total. The van der Waals surface area contributed by atoms with Gasteiger partial charge in [0.25, 0.3) is 0 Å². The van der Waals surface area contributed by atoms with Crippen LogP contribution in [0.2, 0.25) is 0 Å². The van der Waals surface area contributed by atoms with E-state index in [0.29, 0.717) is 6.61 Å². The van der Waals surface area contributed by atoms with E-state index in [0.717, 1.165) is 36.5 Å². The highest BCUT2D eigenvalue weighted by atomic mass is 16.5. The van der Waals surface area contributed by atoms with E-state index in [1.165, 1.54) is 11.1 Å². The molecule has 0 unspecified atom stereocenters. The summed E-state index contributed by atoms with van der Waals surface area (Å²) in [6.45, 7) is 1.94. The van der Waals surface area contributed by atoms with Crippen LogP contribution in [0.5, 0.6) is 5.75 Å². The number of nitrogens with one attached hydrogen (secondary N) is 1. The Labute approximate surface area is 154 Å². The molecule has 0 spiro atoms. The van der Waals surface area contributed by atoms with Gasteiger partial charge in [-0.15, -0.1) is 6.42 Å². The molecule has 0 saturated heterocycles. The molecule has 1 N–H and O–H groups in total. The van der Waals surface area contributed by atoms with Crippen molar-refractivity contribution in [1.29, 1.82) is 0 Å². The van der Waals surface area contributed by atoms with Gasteiger partial charge in [0, 0.05) is 43.3 Å². The molecule has 0 bridgehead atoms. The third-order valence-electron chi connectivity index (χ3n) is 3.99. The van der Waals surface area contributed by atoms with Gasteiger partial charge in [0.05, 0.1) is 5.69 Å². The van der Waals surface area contributed by atoms with Gasteiger partial charge in [0.2, 0.25) is 0 Å². The van der Waals surface area contributed by atoms with Crippen molar-refractivity contribution in [2.75, 3.05) is 13.2 Å². The number of ether oxygens (including phenoxy) is 1. The lowest BCUT2D eigenvalue weighted by molar-refractivity contribution is 0.370. The van der Waals surface area contributed by atoms with Crippen molar-refractivity contribution < 1.29 is 4.74 Å². The molecule has 1 aromatic carbocycles. The second kappa shape index (κ2) is 8.84. The second-order valence-electron chi connectivity index (χ2n) is 5.98. The highest BCUT2D eigenvalue weighted by molar-refractivity contribution is 5.61. The maximum atomic E-state index is 5.39. The Hall–Kier alpha value is -3.10. The maximum absolute atomic E-state index is 5.39. The largest absolute Gasteiger partial charge is 0.481 e. The van der Waals surface area contributed by atoms with Crippen LogP contribution in [0.1, 0.15) is 11.1 Å². The van der Waals surface area contributed by atoms with Gasteiger partial charge in [0.15, 0.2) is 0 Å². The van der Waals surface area contributed by atoms with Crippen LogP contribution in [-0.2, 0) is 20.0 Å². The predicted octanol–water partition coefficient (Wildman–Crippen LogP) is 2.83. The molecule has 0 atom stereocenters. The summed E-state index contributed by atoms with van der Waals surface area (Å²) in [7, 11) is 1.94. The average molecular weight is 346 g/mol. The number of benzene rings is 1. The lowest BCUT2D eigenvalue weighted by atomic mass is 10.1. The van der Waals surface area contributed by atoms with Gasteiger partial charge in [-0.3, -0.25) is 9.67 Å². The normalized spacial score (nSPS) is 10.5. The predicted molar refractivity (Wildman–Crippen MR) is 103 cm³/mol. The van der Waals surface area contributed by atoms with E-state index in [2.05, 4.69) is 33.5 Å². The highest BCUT2D eigenvalue weighted by Crippen LogP contribution is 2.20. The van der Waals surface area contributed by atoms with Crippen LogP contribution in [0.4, 0.5) is 0 Å². The lowest BCUT2D eigenvalue weighted by Gasteiger charge is -2.07. The molecule has 132 valence electrons. The zero-order valence-corrected chi connectivity index (χ0v) is 14.9. The maximum Gasteiger partial charge on any atom is 0.148 e. The number of aryl methyl sites for hydroxylation is 1. The second-order valence-corrected chi connectivity index (χ2v) is 5.98. The van der Waals surface area contributed by atoms with E-state index >= 15 is 0 Å². The summed E-state index contributed by atoms with van der Waals surface area (Å²) >= 11 is 0. The van der Waals surface area contributed by atoms with Crippen molar-refractivity contribution >= 4 is 0 Å². The molecule has 2 aromatic heterocycles. The zero-order chi connectivity index (χ0) is 18.2. The smallest absolute Gasteiger partial charge is 0.148 e. The first-order valence-electron chi connectivity index (χ1n) is 8.55. The van der Waals surface area contributed by atoms with E-state index in [-0.39, 0.29) is 0 Å². The van der Waals surface area contributed by atoms with E-state index < -0.39 is 0 Å². The van der Waals surface area contributed by atoms with Gasteiger partial charge in [-0.1, -0.05) is 18.1 Å². The van der Waals surface area contributed by atoms with Crippen LogP contribution in [0.25, 0.3) is 11.3 Å². The summed E-state index contributed by atoms with van der Waals surface area (Å²) in [5, 5.41) is 8.05. The van der Waals surface area contributed by atoms with Crippen molar-refractivity contribution in [3.8, 4) is 29.4 Å². The fourth-order valence-electron chi connectivity index (χ4n) is 2.75. The Kier molecular flexibility index (Phi) is 6.02. The number of hydrogen-bond donors (Lipinski definition) is 1. The number of aromatic nitrogens is 3. The van der Waals surface area contributed by atoms with Gasteiger partial charge in [-0.05, 0) is 42.8 Å². The number of terminal acetylenes is 1. The molecule has 3 aromatic rings. The molecule has 3 rings (SSSR count). The van der Waals surface area contributed by atoms with Gasteiger partial charge in [-0.25, -0.2) is 0 Å². The molecular formula is C21H22N4O. The topological polar surface area (TPSA) is 52.0 Å². The van der Waals surface area contributed by atoms with E-state index in [1.807, 2.05) is 48.4 Å². The Bertz CT molecular complexity index is 863. The van der Waals surface area contributed by atoms with Crippen molar-refractivity contribution in [2.45, 2.75) is 13.0 Å². The number of rotatable bonds is 8. The monoisotopic (exact) mass is 346 g/mol. The van der Waals surface area contributed by atoms with Gasteiger partial charge in [-0.2, -0.15) is 5.10 Å². The average Bonchev–Trinajstić information content (AvgIpc) is 3.06. The van der Waals surface area contributed by atoms with Gasteiger partial charge < -0.3 is 10.1 Å². The van der Waals surface area contributed by atoms with Crippen LogP contribution in [0.3, 0.4) is 0 Å². The Morgan fingerprint density at radius 2 is 2.08 bits per heavy atom. The molecule has 2 heterocycles. The Morgan fingerprint density at radius 1 is 1.23 bits per heavy atom. The summed E-state index contributed by atoms with van der Waals surface area (Å²) in [5.41, 5.74) is 4.43. The Balaban J connectivity index is 1.52. The van der Waals surface area contributed by atoms with E-state index in [4.69, 9.17) is 11.2 Å². The minimum absolute atomic E-state index is 0.297. The van der Waals surface area contributed by atoms with E-state index in [9.17, 15) is 0 Å². The minimum Gasteiger partial charge on any atom is -0.481 e. The molecule has 0 aliphatic carbocycles. The summed E-state index contributed by atoms with van der Waals surface area (Å²) < 4.78 is 7.23. The van der Waals surface area contributed by atoms with Crippen molar-refractivity contribution in [1.82, 2.24) is 20.1 Å². The number of nitrogens with zero attached hydrogens (tertiary/aromatic N) is 3. The summed E-state index contributed by atoms with van der Waals surface area (Å²) in [4.78, 5) is 4.18. The van der Waals surface area contributed by atoms with Crippen LogP contribution in [-0.4, -0.2) is 27.9 Å². The number of pyridine rings is 1. The van der Waals surface area contributed by atoms with Crippen LogP contribution in [0, 0.1) is 12.3 Å². The molecule has 26 heavy (non-hydrogen) atoms. The highest BCUT2D eigenvalue weighted by Gasteiger charge is 2.09. The molecule has 0 aliphatic rings. The molecular weight excluding hydrogens is 324 g/mol. The number of hydrogen-bond acceptors (Lipinski definition) is 4. The fraction of sp³-hybridized carbons (Fsp3) is 0.238. The zero-order valence-electron chi connectivity index (χ0n) is 14.9. The minimum atomic E-state index is 0.297. The van der Waals surface area contributed by atoms with Gasteiger partial charge >= 0.3 is 0 Å². The summed E-state index contributed by atoms with van der Waals surface area (Å²) in [5.74, 6) is 3.27. The molecule has 0 aliphatic heterocycles. The lowest BCUT2D eigenvalue weighted by Crippen LogP contribution is -2.16. The first-order valence-corrected chi connectivity index (χ1v) is 8.55. The molecule has 0 fully saturated rings. The molecule has 0 amide bonds. The van der Waals surface area contributed by atoms with Crippen LogP contribution in [0.15, 0.2) is 55.0 Å². The van der Waals surface area contributed by atoms with Crippen molar-refractivity contribution in [2.24, 2.45) is 7.05 Å². The molecule has 0 saturated carbocycles. The molecule has 5 heteroatoms. The first-order chi connectivity index (χ1) is 12.8. The van der Waals surface area contributed by atoms with E-state index in [1.54, 1.807) is 6.20 Å². The standard InChI is InChI=1S/C21H22N4O/c1-3-13-26-20-8-6-17(7-9-20)10-12-23-15-19-16-25(2)24-21(19)18-5-4-11-22-14-18/h1,4-9,11,14,16,23H,10,12-13,15H2,2H3.